The minimum absolute atomic E-state index is 0.154. The average Bonchev–Trinajstić information content (AvgIpc) is 2.91. The molecule has 2 atom stereocenters. The Balaban J connectivity index is 1.76. The summed E-state index contributed by atoms with van der Waals surface area (Å²) in [5, 5.41) is 2.16. The Bertz CT molecular complexity index is 459. The highest BCUT2D eigenvalue weighted by Gasteiger charge is 2.43. The molecule has 0 saturated carbocycles. The number of amides is 1. The fraction of sp³-hybridized carbons (Fsp3) is 0.583. The molecule has 17 heavy (non-hydrogen) atoms. The van der Waals surface area contributed by atoms with Crippen molar-refractivity contribution >= 4 is 33.4 Å². The molecule has 2 unspecified atom stereocenters. The quantitative estimate of drug-likeness (QED) is 0.796. The lowest BCUT2D eigenvalue weighted by atomic mass is 10.0. The van der Waals surface area contributed by atoms with Gasteiger partial charge in [0, 0.05) is 33.7 Å². The molecule has 0 aromatic carbocycles. The third-order valence-electron chi connectivity index (χ3n) is 3.65. The van der Waals surface area contributed by atoms with Crippen molar-refractivity contribution in [3.05, 3.63) is 20.3 Å². The van der Waals surface area contributed by atoms with Crippen molar-refractivity contribution in [3.63, 3.8) is 0 Å². The van der Waals surface area contributed by atoms with Crippen molar-refractivity contribution in [3.8, 4) is 0 Å². The van der Waals surface area contributed by atoms with Gasteiger partial charge in [-0.1, -0.05) is 0 Å². The molecule has 3 rings (SSSR count). The van der Waals surface area contributed by atoms with E-state index in [1.807, 2.05) is 23.2 Å². The topological polar surface area (TPSA) is 29.5 Å². The number of carbonyl (C=O) groups excluding carboxylic acids is 1. The molecule has 2 heterocycles. The van der Waals surface area contributed by atoms with Crippen LogP contribution in [0.2, 0.25) is 0 Å². The number of fused-ring (bicyclic) bond motifs is 3. The molecule has 1 saturated heterocycles. The van der Waals surface area contributed by atoms with Gasteiger partial charge in [-0.2, -0.15) is 0 Å². The van der Waals surface area contributed by atoms with Gasteiger partial charge in [-0.05, 0) is 40.8 Å². The average molecular weight is 316 g/mol. The lowest BCUT2D eigenvalue weighted by molar-refractivity contribution is 0.114. The molecular weight excluding hydrogens is 302 g/mol. The van der Waals surface area contributed by atoms with E-state index in [-0.39, 0.29) is 6.09 Å². The van der Waals surface area contributed by atoms with Crippen LogP contribution in [-0.2, 0) is 11.2 Å². The summed E-state index contributed by atoms with van der Waals surface area (Å²) in [7, 11) is 0. The Morgan fingerprint density at radius 2 is 2.47 bits per heavy atom. The van der Waals surface area contributed by atoms with Crippen LogP contribution in [0.15, 0.2) is 9.85 Å². The lowest BCUT2D eigenvalue weighted by Gasteiger charge is -2.16. The molecule has 1 aromatic rings. The van der Waals surface area contributed by atoms with Gasteiger partial charge in [0.05, 0.1) is 6.61 Å². The highest BCUT2D eigenvalue weighted by Crippen LogP contribution is 2.48. The number of halogens is 1. The van der Waals surface area contributed by atoms with Gasteiger partial charge < -0.3 is 9.64 Å². The molecule has 1 fully saturated rings. The summed E-state index contributed by atoms with van der Waals surface area (Å²) in [5.41, 5.74) is 1.47. The number of carbonyl (C=O) groups is 1. The minimum atomic E-state index is -0.154. The molecule has 0 radical (unpaired) electrons. The third kappa shape index (κ3) is 1.80. The predicted molar refractivity (Wildman–Crippen MR) is 70.5 cm³/mol. The monoisotopic (exact) mass is 315 g/mol. The number of likely N-dealkylation sites (tertiary alicyclic amines) is 1. The van der Waals surface area contributed by atoms with E-state index in [0.717, 1.165) is 19.5 Å². The molecule has 92 valence electrons. The van der Waals surface area contributed by atoms with Crippen LogP contribution in [0, 0.1) is 5.92 Å². The molecule has 1 aliphatic heterocycles. The largest absolute Gasteiger partial charge is 0.450 e. The van der Waals surface area contributed by atoms with Crippen LogP contribution in [0.3, 0.4) is 0 Å². The Hall–Kier alpha value is -0.550. The van der Waals surface area contributed by atoms with E-state index in [1.54, 1.807) is 0 Å². The van der Waals surface area contributed by atoms with Crippen LogP contribution in [-0.4, -0.2) is 30.7 Å². The van der Waals surface area contributed by atoms with Crippen LogP contribution < -0.4 is 0 Å². The second-order valence-corrected chi connectivity index (χ2v) is 6.37. The summed E-state index contributed by atoms with van der Waals surface area (Å²) in [6.07, 6.45) is 0.944. The number of thiophene rings is 1. The van der Waals surface area contributed by atoms with Crippen molar-refractivity contribution in [1.29, 1.82) is 0 Å². The first-order valence-corrected chi connectivity index (χ1v) is 7.55. The maximum absolute atomic E-state index is 11.7. The summed E-state index contributed by atoms with van der Waals surface area (Å²) < 4.78 is 6.31. The second kappa shape index (κ2) is 4.28. The second-order valence-electron chi connectivity index (χ2n) is 4.60. The van der Waals surface area contributed by atoms with Gasteiger partial charge in [0.15, 0.2) is 0 Å². The molecule has 1 aliphatic carbocycles. The molecule has 0 N–H and O–H groups in total. The summed E-state index contributed by atoms with van der Waals surface area (Å²) in [6, 6.07) is 0. The van der Waals surface area contributed by atoms with Gasteiger partial charge in [-0.25, -0.2) is 4.79 Å². The maximum atomic E-state index is 11.7. The first kappa shape index (κ1) is 11.5. The van der Waals surface area contributed by atoms with E-state index in [0.29, 0.717) is 18.4 Å². The van der Waals surface area contributed by atoms with Crippen molar-refractivity contribution in [2.45, 2.75) is 19.3 Å². The van der Waals surface area contributed by atoms with E-state index >= 15 is 0 Å². The minimum Gasteiger partial charge on any atom is -0.450 e. The zero-order valence-corrected chi connectivity index (χ0v) is 12.0. The number of hydrogen-bond donors (Lipinski definition) is 0. The van der Waals surface area contributed by atoms with Crippen LogP contribution in [0.25, 0.3) is 0 Å². The first-order valence-electron chi connectivity index (χ1n) is 5.88. The third-order valence-corrected chi connectivity index (χ3v) is 5.81. The molecule has 0 bridgehead atoms. The highest BCUT2D eigenvalue weighted by atomic mass is 79.9. The zero-order valence-electron chi connectivity index (χ0n) is 9.61. The van der Waals surface area contributed by atoms with Gasteiger partial charge >= 0.3 is 6.09 Å². The first-order chi connectivity index (χ1) is 8.20. The van der Waals surface area contributed by atoms with Gasteiger partial charge in [0.2, 0.25) is 0 Å². The van der Waals surface area contributed by atoms with Crippen molar-refractivity contribution in [1.82, 2.24) is 4.90 Å². The van der Waals surface area contributed by atoms with E-state index < -0.39 is 0 Å². The van der Waals surface area contributed by atoms with Crippen LogP contribution in [0.4, 0.5) is 4.79 Å². The predicted octanol–water partition coefficient (Wildman–Crippen LogP) is 3.24. The van der Waals surface area contributed by atoms with Crippen molar-refractivity contribution in [2.75, 3.05) is 19.7 Å². The van der Waals surface area contributed by atoms with Gasteiger partial charge in [-0.15, -0.1) is 11.3 Å². The van der Waals surface area contributed by atoms with E-state index in [9.17, 15) is 4.79 Å². The Kier molecular flexibility index (Phi) is 2.91. The summed E-state index contributed by atoms with van der Waals surface area (Å²) in [4.78, 5) is 15.0. The van der Waals surface area contributed by atoms with E-state index in [2.05, 4.69) is 21.3 Å². The number of ether oxygens (including phenoxy) is 1. The summed E-state index contributed by atoms with van der Waals surface area (Å²) >= 11 is 5.42. The number of nitrogens with zero attached hydrogens (tertiary/aromatic N) is 1. The maximum Gasteiger partial charge on any atom is 0.409 e. The SMILES string of the molecule is CCOC(=O)N1CC2Cc3c(Br)csc3C2C1. The van der Waals surface area contributed by atoms with Gasteiger partial charge in [-0.3, -0.25) is 0 Å². The van der Waals surface area contributed by atoms with E-state index in [4.69, 9.17) is 4.74 Å². The van der Waals surface area contributed by atoms with E-state index in [1.165, 1.54) is 14.9 Å². The highest BCUT2D eigenvalue weighted by molar-refractivity contribution is 9.10. The summed E-state index contributed by atoms with van der Waals surface area (Å²) in [5.74, 6) is 1.13. The normalized spacial score (nSPS) is 25.9. The molecule has 2 aliphatic rings. The summed E-state index contributed by atoms with van der Waals surface area (Å²) in [6.45, 7) is 3.98. The molecule has 5 heteroatoms. The fourth-order valence-electron chi connectivity index (χ4n) is 2.89. The standard InChI is InChI=1S/C12H14BrNO2S/c1-2-16-12(15)14-4-7-3-8-10(13)6-17-11(8)9(7)5-14/h6-7,9H,2-5H2,1H3. The molecular formula is C12H14BrNO2S. The van der Waals surface area contributed by atoms with Crippen molar-refractivity contribution in [2.24, 2.45) is 5.92 Å². The Morgan fingerprint density at radius 3 is 3.24 bits per heavy atom. The fourth-order valence-corrected chi connectivity index (χ4v) is 4.82. The van der Waals surface area contributed by atoms with Crippen LogP contribution >= 0.6 is 27.3 Å². The zero-order chi connectivity index (χ0) is 12.0. The molecule has 3 nitrogen and oxygen atoms in total. The van der Waals surface area contributed by atoms with Crippen molar-refractivity contribution < 1.29 is 9.53 Å². The Morgan fingerprint density at radius 1 is 1.65 bits per heavy atom. The number of hydrogen-bond acceptors (Lipinski definition) is 3. The lowest BCUT2D eigenvalue weighted by Crippen LogP contribution is -2.30. The Labute approximate surface area is 113 Å². The molecule has 0 spiro atoms. The smallest absolute Gasteiger partial charge is 0.409 e. The molecule has 1 amide bonds. The van der Waals surface area contributed by atoms with Gasteiger partial charge in [0.25, 0.3) is 0 Å². The number of rotatable bonds is 1. The van der Waals surface area contributed by atoms with Crippen LogP contribution in [0.1, 0.15) is 23.3 Å². The van der Waals surface area contributed by atoms with Gasteiger partial charge in [0.1, 0.15) is 0 Å². The molecule has 1 aromatic heterocycles. The van der Waals surface area contributed by atoms with Crippen LogP contribution in [0.5, 0.6) is 0 Å².